The van der Waals surface area contributed by atoms with E-state index < -0.39 is 0 Å². The number of nitrogens with zero attached hydrogens (tertiary/aromatic N) is 1. The van der Waals surface area contributed by atoms with E-state index in [9.17, 15) is 4.79 Å². The molecular formula is C16H20Cl2N2O2. The summed E-state index contributed by atoms with van der Waals surface area (Å²) < 4.78 is 5.02. The molecule has 0 bridgehead atoms. The summed E-state index contributed by atoms with van der Waals surface area (Å²) in [7, 11) is 1.56. The van der Waals surface area contributed by atoms with Crippen LogP contribution >= 0.6 is 23.2 Å². The summed E-state index contributed by atoms with van der Waals surface area (Å²) in [5.74, 6) is 0.315. The van der Waals surface area contributed by atoms with Crippen LogP contribution in [0.2, 0.25) is 10.0 Å². The van der Waals surface area contributed by atoms with Crippen molar-refractivity contribution in [2.45, 2.75) is 37.8 Å². The number of benzene rings is 1. The van der Waals surface area contributed by atoms with Gasteiger partial charge in [-0.15, -0.1) is 0 Å². The minimum absolute atomic E-state index is 0.0568. The Hall–Kier alpha value is -0.970. The zero-order chi connectivity index (χ0) is 15.9. The van der Waals surface area contributed by atoms with Crippen LogP contribution in [0.1, 0.15) is 31.2 Å². The number of carbonyl (C=O) groups excluding carboxylic acids is 1. The van der Waals surface area contributed by atoms with Gasteiger partial charge in [-0.1, -0.05) is 36.2 Å². The lowest BCUT2D eigenvalue weighted by Gasteiger charge is -2.41. The number of piperidine rings is 1. The number of anilines is 1. The van der Waals surface area contributed by atoms with Crippen LogP contribution in [0.3, 0.4) is 0 Å². The number of amides is 1. The molecule has 0 radical (unpaired) electrons. The molecule has 120 valence electrons. The molecule has 22 heavy (non-hydrogen) atoms. The molecule has 1 fully saturated rings. The van der Waals surface area contributed by atoms with E-state index >= 15 is 0 Å². The summed E-state index contributed by atoms with van der Waals surface area (Å²) in [6.45, 7) is 2.95. The molecule has 1 aromatic carbocycles. The smallest absolute Gasteiger partial charge is 0.248 e. The van der Waals surface area contributed by atoms with Crippen LogP contribution in [0.25, 0.3) is 0 Å². The van der Waals surface area contributed by atoms with Gasteiger partial charge in [-0.3, -0.25) is 4.79 Å². The van der Waals surface area contributed by atoms with Gasteiger partial charge in [0.1, 0.15) is 6.61 Å². The van der Waals surface area contributed by atoms with Crippen molar-refractivity contribution >= 4 is 34.8 Å². The van der Waals surface area contributed by atoms with E-state index in [-0.39, 0.29) is 24.5 Å². The summed E-state index contributed by atoms with van der Waals surface area (Å²) in [5, 5.41) is 4.66. The predicted octanol–water partition coefficient (Wildman–Crippen LogP) is 3.53. The van der Waals surface area contributed by atoms with E-state index in [2.05, 4.69) is 12.2 Å². The number of methoxy groups -OCH3 is 1. The molecule has 0 spiro atoms. The van der Waals surface area contributed by atoms with E-state index in [1.54, 1.807) is 7.11 Å². The average Bonchev–Trinajstić information content (AvgIpc) is 2.88. The fourth-order valence-corrected chi connectivity index (χ4v) is 4.04. The highest BCUT2D eigenvalue weighted by atomic mass is 35.5. The van der Waals surface area contributed by atoms with Gasteiger partial charge in [-0.2, -0.15) is 0 Å². The summed E-state index contributed by atoms with van der Waals surface area (Å²) in [6, 6.07) is 4.40. The molecule has 3 atom stereocenters. The fourth-order valence-electron chi connectivity index (χ4n) is 3.65. The monoisotopic (exact) mass is 342 g/mol. The molecule has 2 aliphatic rings. The predicted molar refractivity (Wildman–Crippen MR) is 88.9 cm³/mol. The Morgan fingerprint density at radius 1 is 1.45 bits per heavy atom. The number of rotatable bonds is 3. The van der Waals surface area contributed by atoms with Crippen molar-refractivity contribution in [3.05, 3.63) is 27.7 Å². The highest BCUT2D eigenvalue weighted by Crippen LogP contribution is 2.47. The Morgan fingerprint density at radius 2 is 2.23 bits per heavy atom. The van der Waals surface area contributed by atoms with Crippen molar-refractivity contribution in [1.29, 1.82) is 0 Å². The second-order valence-electron chi connectivity index (χ2n) is 5.96. The van der Waals surface area contributed by atoms with Crippen LogP contribution in [0.15, 0.2) is 12.1 Å². The lowest BCUT2D eigenvalue weighted by atomic mass is 9.85. The van der Waals surface area contributed by atoms with E-state index in [1.807, 2.05) is 17.0 Å². The first-order valence-electron chi connectivity index (χ1n) is 7.59. The third kappa shape index (κ3) is 2.57. The standard InChI is InChI=1S/C16H20Cl2N2O2/c1-3-9-6-13-11(7-20(9)14(21)8-22-2)10-4-5-12(17)15(18)16(10)19-13/h4-5,9,11,13,19H,3,6-8H2,1-2H3/t9-,11?,13?/m0/s1. The number of halogens is 2. The van der Waals surface area contributed by atoms with Crippen LogP contribution in [-0.2, 0) is 9.53 Å². The molecule has 0 aliphatic carbocycles. The summed E-state index contributed by atoms with van der Waals surface area (Å²) in [4.78, 5) is 14.3. The quantitative estimate of drug-likeness (QED) is 0.913. The third-order valence-electron chi connectivity index (χ3n) is 4.76. The first kappa shape index (κ1) is 15.9. The molecule has 6 heteroatoms. The van der Waals surface area contributed by atoms with Crippen LogP contribution in [0, 0.1) is 0 Å². The van der Waals surface area contributed by atoms with Gasteiger partial charge in [0.25, 0.3) is 0 Å². The van der Waals surface area contributed by atoms with Crippen molar-refractivity contribution in [2.75, 3.05) is 25.6 Å². The fraction of sp³-hybridized carbons (Fsp3) is 0.562. The maximum Gasteiger partial charge on any atom is 0.248 e. The van der Waals surface area contributed by atoms with Crippen molar-refractivity contribution < 1.29 is 9.53 Å². The molecule has 1 saturated heterocycles. The Labute approximate surface area is 140 Å². The van der Waals surface area contributed by atoms with Gasteiger partial charge in [0, 0.05) is 31.7 Å². The van der Waals surface area contributed by atoms with E-state index in [1.165, 1.54) is 0 Å². The summed E-state index contributed by atoms with van der Waals surface area (Å²) in [5.41, 5.74) is 2.09. The Balaban J connectivity index is 1.90. The summed E-state index contributed by atoms with van der Waals surface area (Å²) in [6.07, 6.45) is 1.85. The molecule has 2 heterocycles. The topological polar surface area (TPSA) is 41.6 Å². The highest BCUT2D eigenvalue weighted by Gasteiger charge is 2.42. The molecule has 2 aliphatic heterocycles. The lowest BCUT2D eigenvalue weighted by molar-refractivity contribution is -0.139. The van der Waals surface area contributed by atoms with Crippen molar-refractivity contribution in [3.8, 4) is 0 Å². The van der Waals surface area contributed by atoms with Gasteiger partial charge in [-0.25, -0.2) is 0 Å². The zero-order valence-corrected chi connectivity index (χ0v) is 14.2. The maximum atomic E-state index is 12.3. The zero-order valence-electron chi connectivity index (χ0n) is 12.7. The first-order chi connectivity index (χ1) is 10.6. The van der Waals surface area contributed by atoms with Crippen LogP contribution in [-0.4, -0.2) is 43.2 Å². The molecular weight excluding hydrogens is 323 g/mol. The molecule has 4 nitrogen and oxygen atoms in total. The minimum Gasteiger partial charge on any atom is -0.380 e. The van der Waals surface area contributed by atoms with Gasteiger partial charge < -0.3 is 15.0 Å². The largest absolute Gasteiger partial charge is 0.380 e. The number of ether oxygens (including phenoxy) is 1. The molecule has 0 aromatic heterocycles. The Kier molecular flexibility index (Phi) is 4.53. The highest BCUT2D eigenvalue weighted by molar-refractivity contribution is 6.43. The van der Waals surface area contributed by atoms with Gasteiger partial charge >= 0.3 is 0 Å². The molecule has 1 amide bonds. The van der Waals surface area contributed by atoms with E-state index in [0.717, 1.165) is 24.1 Å². The van der Waals surface area contributed by atoms with Crippen LogP contribution in [0.5, 0.6) is 0 Å². The number of likely N-dealkylation sites (tertiary alicyclic amines) is 1. The number of nitrogens with one attached hydrogen (secondary N) is 1. The SMILES string of the molecule is CC[C@H]1CC2Nc3c(ccc(Cl)c3Cl)C2CN1C(=O)COC. The van der Waals surface area contributed by atoms with Crippen LogP contribution in [0.4, 0.5) is 5.69 Å². The van der Waals surface area contributed by atoms with E-state index in [0.29, 0.717) is 22.6 Å². The minimum atomic E-state index is 0.0568. The van der Waals surface area contributed by atoms with Crippen molar-refractivity contribution in [2.24, 2.45) is 0 Å². The van der Waals surface area contributed by atoms with Crippen molar-refractivity contribution in [1.82, 2.24) is 4.90 Å². The number of carbonyl (C=O) groups is 1. The average molecular weight is 343 g/mol. The van der Waals surface area contributed by atoms with Crippen molar-refractivity contribution in [3.63, 3.8) is 0 Å². The lowest BCUT2D eigenvalue weighted by Crippen LogP contribution is -2.52. The molecule has 0 saturated carbocycles. The second kappa shape index (κ2) is 6.26. The maximum absolute atomic E-state index is 12.3. The Bertz CT molecular complexity index is 594. The van der Waals surface area contributed by atoms with E-state index in [4.69, 9.17) is 27.9 Å². The van der Waals surface area contributed by atoms with Crippen LogP contribution < -0.4 is 5.32 Å². The third-order valence-corrected chi connectivity index (χ3v) is 5.57. The molecule has 3 rings (SSSR count). The van der Waals surface area contributed by atoms with Gasteiger partial charge in [0.15, 0.2) is 0 Å². The normalized spacial score (nSPS) is 26.4. The summed E-state index contributed by atoms with van der Waals surface area (Å²) >= 11 is 12.4. The first-order valence-corrected chi connectivity index (χ1v) is 8.35. The van der Waals surface area contributed by atoms with Gasteiger partial charge in [-0.05, 0) is 24.5 Å². The number of fused-ring (bicyclic) bond motifs is 3. The molecule has 2 unspecified atom stereocenters. The molecule has 1 N–H and O–H groups in total. The number of hydrogen-bond donors (Lipinski definition) is 1. The van der Waals surface area contributed by atoms with Gasteiger partial charge in [0.05, 0.1) is 15.7 Å². The van der Waals surface area contributed by atoms with Gasteiger partial charge in [0.2, 0.25) is 5.91 Å². The second-order valence-corrected chi connectivity index (χ2v) is 6.74. The number of hydrogen-bond acceptors (Lipinski definition) is 3. The molecule has 1 aromatic rings. The Morgan fingerprint density at radius 3 is 2.91 bits per heavy atom.